The number of hydrogen-bond donors (Lipinski definition) is 0. The van der Waals surface area contributed by atoms with Crippen LogP contribution in [0.15, 0.2) is 64.5 Å². The van der Waals surface area contributed by atoms with Gasteiger partial charge in [-0.25, -0.2) is 0 Å². The van der Waals surface area contributed by atoms with Crippen LogP contribution in [0.3, 0.4) is 0 Å². The predicted octanol–water partition coefficient (Wildman–Crippen LogP) is 5.03. The summed E-state index contributed by atoms with van der Waals surface area (Å²) in [5.41, 5.74) is 3.18. The second kappa shape index (κ2) is 7.97. The molecule has 140 valence electrons. The van der Waals surface area contributed by atoms with Crippen LogP contribution >= 0.6 is 23.5 Å². The Morgan fingerprint density at radius 1 is 1.15 bits per heavy atom. The van der Waals surface area contributed by atoms with E-state index < -0.39 is 0 Å². The molecule has 0 bridgehead atoms. The molecule has 2 aromatic rings. The molecule has 0 aliphatic carbocycles. The first-order valence-electron chi connectivity index (χ1n) is 8.89. The molecule has 2 aromatic carbocycles. The Kier molecular flexibility index (Phi) is 5.43. The highest BCUT2D eigenvalue weighted by Crippen LogP contribution is 2.49. The van der Waals surface area contributed by atoms with E-state index in [2.05, 4.69) is 16.4 Å². The second-order valence-electron chi connectivity index (χ2n) is 6.58. The molecule has 0 radical (unpaired) electrons. The Morgan fingerprint density at radius 2 is 1.89 bits per heavy atom. The zero-order chi connectivity index (χ0) is 18.8. The lowest BCUT2D eigenvalue weighted by molar-refractivity contribution is -0.144. The Bertz CT molecular complexity index is 853. The Hall–Kier alpha value is -1.95. The van der Waals surface area contributed by atoms with Gasteiger partial charge >= 0.3 is 5.97 Å². The van der Waals surface area contributed by atoms with Crippen LogP contribution in [0.2, 0.25) is 0 Å². The fourth-order valence-electron chi connectivity index (χ4n) is 2.98. The zero-order valence-electron chi connectivity index (χ0n) is 14.9. The summed E-state index contributed by atoms with van der Waals surface area (Å²) in [5.74, 6) is -0.181. The topological polar surface area (TPSA) is 42.1 Å². The molecule has 1 fully saturated rings. The average molecular weight is 402 g/mol. The van der Waals surface area contributed by atoms with Crippen LogP contribution in [-0.4, -0.2) is 18.3 Å². The van der Waals surface area contributed by atoms with Crippen molar-refractivity contribution in [3.05, 3.63) is 75.7 Å². The van der Waals surface area contributed by atoms with Crippen LogP contribution in [0.25, 0.3) is 0 Å². The molecule has 2 unspecified atom stereocenters. The molecule has 4 rings (SSSR count). The van der Waals surface area contributed by atoms with E-state index in [1.54, 1.807) is 11.9 Å². The molecular formula is C21H20ClNO3S. The van der Waals surface area contributed by atoms with Gasteiger partial charge in [0, 0.05) is 11.3 Å². The van der Waals surface area contributed by atoms with E-state index in [4.69, 9.17) is 21.1 Å². The van der Waals surface area contributed by atoms with Crippen molar-refractivity contribution in [2.45, 2.75) is 38.7 Å². The monoisotopic (exact) mass is 401 g/mol. The number of aryl methyl sites for hydroxylation is 1. The predicted molar refractivity (Wildman–Crippen MR) is 108 cm³/mol. The van der Waals surface area contributed by atoms with Crippen molar-refractivity contribution >= 4 is 35.2 Å². The lowest BCUT2D eigenvalue weighted by Crippen LogP contribution is -2.24. The molecule has 2 aliphatic rings. The average Bonchev–Trinajstić information content (AvgIpc) is 3.50. The van der Waals surface area contributed by atoms with Crippen molar-refractivity contribution < 1.29 is 14.3 Å². The lowest BCUT2D eigenvalue weighted by Gasteiger charge is -2.25. The summed E-state index contributed by atoms with van der Waals surface area (Å²) in [4.78, 5) is 13.0. The standard InChI is InChI=1S/C21H20ClNO3S/c1-14-19(22)20-21(26-20)23(27-14)17-10-7-15(8-11-17)9-12-18(24)25-13-16-5-3-2-4-6-16/h2-8,10-11,20-21H,9,12-13H2,1H3. The van der Waals surface area contributed by atoms with Crippen LogP contribution in [0, 0.1) is 0 Å². The Labute approximate surface area is 168 Å². The third-order valence-corrected chi connectivity index (χ3v) is 6.29. The number of benzene rings is 2. The van der Waals surface area contributed by atoms with Crippen molar-refractivity contribution in [2.75, 3.05) is 4.31 Å². The van der Waals surface area contributed by atoms with Gasteiger partial charge in [0.25, 0.3) is 0 Å². The Balaban J connectivity index is 1.28. The number of esters is 1. The van der Waals surface area contributed by atoms with Gasteiger partial charge in [0.15, 0.2) is 6.23 Å². The van der Waals surface area contributed by atoms with Gasteiger partial charge in [-0.2, -0.15) is 0 Å². The summed E-state index contributed by atoms with van der Waals surface area (Å²) in [6, 6.07) is 17.9. The zero-order valence-corrected chi connectivity index (χ0v) is 16.5. The van der Waals surface area contributed by atoms with Gasteiger partial charge in [-0.1, -0.05) is 54.1 Å². The van der Waals surface area contributed by atoms with Gasteiger partial charge < -0.3 is 9.47 Å². The van der Waals surface area contributed by atoms with Crippen LogP contribution in [0.5, 0.6) is 0 Å². The summed E-state index contributed by atoms with van der Waals surface area (Å²) in [6.45, 7) is 2.33. The van der Waals surface area contributed by atoms with Crippen LogP contribution in [-0.2, 0) is 27.3 Å². The van der Waals surface area contributed by atoms with Gasteiger partial charge in [0.05, 0.1) is 10.7 Å². The number of fused-ring (bicyclic) bond motifs is 1. The van der Waals surface area contributed by atoms with Gasteiger partial charge in [-0.05, 0) is 48.6 Å². The number of epoxide rings is 1. The van der Waals surface area contributed by atoms with Gasteiger partial charge in [0.1, 0.15) is 12.7 Å². The lowest BCUT2D eigenvalue weighted by atomic mass is 10.1. The highest BCUT2D eigenvalue weighted by molar-refractivity contribution is 8.04. The third-order valence-electron chi connectivity index (χ3n) is 4.57. The van der Waals surface area contributed by atoms with Crippen molar-refractivity contribution in [1.82, 2.24) is 0 Å². The van der Waals surface area contributed by atoms with E-state index in [1.165, 1.54) is 0 Å². The van der Waals surface area contributed by atoms with Gasteiger partial charge in [0.2, 0.25) is 0 Å². The summed E-state index contributed by atoms with van der Waals surface area (Å²) in [7, 11) is 0. The number of rotatable bonds is 6. The van der Waals surface area contributed by atoms with Crippen molar-refractivity contribution in [3.63, 3.8) is 0 Å². The summed E-state index contributed by atoms with van der Waals surface area (Å²) in [6.07, 6.45) is 1.06. The van der Waals surface area contributed by atoms with Crippen LogP contribution in [0.4, 0.5) is 5.69 Å². The van der Waals surface area contributed by atoms with Crippen LogP contribution in [0.1, 0.15) is 24.5 Å². The van der Waals surface area contributed by atoms with Gasteiger partial charge in [-0.3, -0.25) is 9.10 Å². The molecule has 2 aliphatic heterocycles. The van der Waals surface area contributed by atoms with E-state index in [0.717, 1.165) is 26.8 Å². The van der Waals surface area contributed by atoms with Crippen molar-refractivity contribution in [3.8, 4) is 0 Å². The maximum Gasteiger partial charge on any atom is 0.306 e. The molecule has 0 amide bonds. The minimum atomic E-state index is -0.181. The molecule has 0 aromatic heterocycles. The highest BCUT2D eigenvalue weighted by atomic mass is 35.5. The number of carbonyl (C=O) groups is 1. The van der Waals surface area contributed by atoms with E-state index in [-0.39, 0.29) is 18.3 Å². The summed E-state index contributed by atoms with van der Waals surface area (Å²) >= 11 is 7.84. The second-order valence-corrected chi connectivity index (χ2v) is 8.18. The number of halogens is 1. The molecule has 4 nitrogen and oxygen atoms in total. The molecule has 2 heterocycles. The number of nitrogens with zero attached hydrogens (tertiary/aromatic N) is 1. The molecule has 27 heavy (non-hydrogen) atoms. The quantitative estimate of drug-likeness (QED) is 0.386. The number of anilines is 1. The number of allylic oxidation sites excluding steroid dienone is 1. The maximum atomic E-state index is 12.0. The van der Waals surface area contributed by atoms with Gasteiger partial charge in [-0.15, -0.1) is 0 Å². The van der Waals surface area contributed by atoms with E-state index in [9.17, 15) is 4.79 Å². The SMILES string of the molecule is CC1=C(Cl)C2OC2N(c2ccc(CCC(=O)OCc3ccccc3)cc2)S1. The normalized spacial score (nSPS) is 21.0. The van der Waals surface area contributed by atoms with E-state index in [0.29, 0.717) is 19.4 Å². The number of ether oxygens (including phenoxy) is 2. The third kappa shape index (κ3) is 4.32. The van der Waals surface area contributed by atoms with Crippen molar-refractivity contribution in [2.24, 2.45) is 0 Å². The molecule has 0 saturated carbocycles. The first-order chi connectivity index (χ1) is 13.1. The molecule has 0 N–H and O–H groups in total. The molecule has 1 saturated heterocycles. The highest BCUT2D eigenvalue weighted by Gasteiger charge is 2.50. The van der Waals surface area contributed by atoms with E-state index >= 15 is 0 Å². The fourth-order valence-corrected chi connectivity index (χ4v) is 4.23. The largest absolute Gasteiger partial charge is 0.461 e. The van der Waals surface area contributed by atoms with E-state index in [1.807, 2.05) is 49.4 Å². The Morgan fingerprint density at radius 3 is 2.63 bits per heavy atom. The number of carbonyl (C=O) groups excluding carboxylic acids is 1. The molecule has 0 spiro atoms. The first kappa shape index (κ1) is 18.4. The summed E-state index contributed by atoms with van der Waals surface area (Å²) in [5, 5.41) is 0.812. The molecule has 2 atom stereocenters. The minimum absolute atomic E-state index is 0.00646. The molecular weight excluding hydrogens is 382 g/mol. The number of hydrogen-bond acceptors (Lipinski definition) is 5. The smallest absolute Gasteiger partial charge is 0.306 e. The van der Waals surface area contributed by atoms with Crippen molar-refractivity contribution in [1.29, 1.82) is 0 Å². The minimum Gasteiger partial charge on any atom is -0.461 e. The first-order valence-corrected chi connectivity index (χ1v) is 10.0. The maximum absolute atomic E-state index is 12.0. The van der Waals surface area contributed by atoms with Crippen LogP contribution < -0.4 is 4.31 Å². The fraction of sp³-hybridized carbons (Fsp3) is 0.286. The summed E-state index contributed by atoms with van der Waals surface area (Å²) < 4.78 is 13.1. The molecule has 6 heteroatoms.